The van der Waals surface area contributed by atoms with Crippen LogP contribution in [0.5, 0.6) is 5.75 Å². The van der Waals surface area contributed by atoms with Crippen LogP contribution in [0, 0.1) is 5.41 Å². The largest absolute Gasteiger partial charge is 0.492 e. The second-order valence-corrected chi connectivity index (χ2v) is 8.38. The number of rotatable bonds is 11. The molecule has 1 fully saturated rings. The summed E-state index contributed by atoms with van der Waals surface area (Å²) in [6.45, 7) is 6.21. The van der Waals surface area contributed by atoms with Crippen LogP contribution in [0.15, 0.2) is 29.3 Å². The molecule has 1 aliphatic carbocycles. The molecule has 6 nitrogen and oxygen atoms in total. The van der Waals surface area contributed by atoms with Crippen LogP contribution in [0.2, 0.25) is 0 Å². The van der Waals surface area contributed by atoms with E-state index in [0.29, 0.717) is 13.2 Å². The van der Waals surface area contributed by atoms with Gasteiger partial charge in [-0.15, -0.1) is 0 Å². The van der Waals surface area contributed by atoms with Crippen molar-refractivity contribution in [2.45, 2.75) is 52.0 Å². The molecule has 3 N–H and O–H groups in total. The van der Waals surface area contributed by atoms with Crippen LogP contribution in [0.4, 0.5) is 0 Å². The van der Waals surface area contributed by atoms with Gasteiger partial charge < -0.3 is 25.4 Å². The van der Waals surface area contributed by atoms with Crippen LogP contribution >= 0.6 is 0 Å². The van der Waals surface area contributed by atoms with Crippen LogP contribution in [0.25, 0.3) is 0 Å². The van der Waals surface area contributed by atoms with Gasteiger partial charge in [-0.1, -0.05) is 31.4 Å². The third-order valence-electron chi connectivity index (χ3n) is 5.66. The zero-order valence-corrected chi connectivity index (χ0v) is 18.5. The molecule has 29 heavy (non-hydrogen) atoms. The number of hydrogen-bond donors (Lipinski definition) is 3. The van der Waals surface area contributed by atoms with E-state index in [4.69, 9.17) is 9.73 Å². The van der Waals surface area contributed by atoms with E-state index in [1.165, 1.54) is 32.1 Å². The first-order valence-electron chi connectivity index (χ1n) is 11.1. The Morgan fingerprint density at radius 3 is 2.69 bits per heavy atom. The maximum atomic E-state index is 9.53. The summed E-state index contributed by atoms with van der Waals surface area (Å²) in [7, 11) is 4.09. The zero-order chi connectivity index (χ0) is 21.0. The lowest BCUT2D eigenvalue weighted by Crippen LogP contribution is -2.44. The number of aliphatic imine (C=N–C) groups is 1. The topological polar surface area (TPSA) is 69.1 Å². The average Bonchev–Trinajstić information content (AvgIpc) is 2.71. The predicted octanol–water partition coefficient (Wildman–Crippen LogP) is 3.02. The monoisotopic (exact) mass is 404 g/mol. The Bertz CT molecular complexity index is 607. The molecule has 0 spiro atoms. The number of nitrogens with zero attached hydrogens (tertiary/aromatic N) is 2. The van der Waals surface area contributed by atoms with E-state index >= 15 is 0 Å². The number of benzene rings is 1. The Labute approximate surface area is 176 Å². The van der Waals surface area contributed by atoms with Crippen molar-refractivity contribution in [2.24, 2.45) is 10.4 Å². The number of aliphatic hydroxyl groups excluding tert-OH is 1. The van der Waals surface area contributed by atoms with Crippen molar-refractivity contribution in [3.05, 3.63) is 29.8 Å². The zero-order valence-electron chi connectivity index (χ0n) is 18.5. The van der Waals surface area contributed by atoms with Gasteiger partial charge in [0.15, 0.2) is 5.96 Å². The fourth-order valence-electron chi connectivity index (χ4n) is 3.92. The number of nitrogens with one attached hydrogen (secondary N) is 2. The minimum atomic E-state index is 0.198. The summed E-state index contributed by atoms with van der Waals surface area (Å²) in [4.78, 5) is 6.89. The van der Waals surface area contributed by atoms with Crippen LogP contribution < -0.4 is 15.4 Å². The molecule has 0 radical (unpaired) electrons. The van der Waals surface area contributed by atoms with Gasteiger partial charge in [0.25, 0.3) is 0 Å². The number of hydrogen-bond acceptors (Lipinski definition) is 4. The molecule has 1 saturated carbocycles. The van der Waals surface area contributed by atoms with Gasteiger partial charge in [0.2, 0.25) is 0 Å². The van der Waals surface area contributed by atoms with E-state index in [1.807, 2.05) is 26.2 Å². The van der Waals surface area contributed by atoms with Gasteiger partial charge in [0, 0.05) is 26.2 Å². The highest BCUT2D eigenvalue weighted by Gasteiger charge is 2.31. The number of aliphatic hydroxyl groups is 1. The lowest BCUT2D eigenvalue weighted by Gasteiger charge is -2.37. The summed E-state index contributed by atoms with van der Waals surface area (Å²) in [5.41, 5.74) is 1.33. The summed E-state index contributed by atoms with van der Waals surface area (Å²) < 4.78 is 5.83. The average molecular weight is 405 g/mol. The highest BCUT2D eigenvalue weighted by molar-refractivity contribution is 5.79. The molecule has 2 rings (SSSR count). The van der Waals surface area contributed by atoms with Crippen molar-refractivity contribution >= 4 is 5.96 Å². The Balaban J connectivity index is 1.94. The summed E-state index contributed by atoms with van der Waals surface area (Å²) in [5, 5.41) is 16.4. The van der Waals surface area contributed by atoms with Crippen molar-refractivity contribution in [3.63, 3.8) is 0 Å². The Morgan fingerprint density at radius 2 is 2.00 bits per heavy atom. The van der Waals surface area contributed by atoms with E-state index in [0.717, 1.165) is 43.3 Å². The molecule has 0 atom stereocenters. The van der Waals surface area contributed by atoms with E-state index in [-0.39, 0.29) is 12.0 Å². The van der Waals surface area contributed by atoms with Crippen molar-refractivity contribution < 1.29 is 9.84 Å². The van der Waals surface area contributed by atoms with E-state index in [9.17, 15) is 5.11 Å². The first-order valence-corrected chi connectivity index (χ1v) is 11.1. The maximum absolute atomic E-state index is 9.53. The fraction of sp³-hybridized carbons (Fsp3) is 0.696. The normalized spacial score (nSPS) is 16.7. The molecule has 0 amide bonds. The standard InChI is InChI=1S/C23H40N4O2/c1-4-24-22(26-19-23(13-15-28)11-6-5-7-12-23)25-18-20-9-8-10-21(17-20)29-16-14-27(2)3/h8-10,17,28H,4-7,11-16,18-19H2,1-3H3,(H2,24,25,26). The second kappa shape index (κ2) is 12.7. The van der Waals surface area contributed by atoms with Crippen LogP contribution in [0.3, 0.4) is 0 Å². The molecule has 164 valence electrons. The van der Waals surface area contributed by atoms with E-state index < -0.39 is 0 Å². The summed E-state index contributed by atoms with van der Waals surface area (Å²) >= 11 is 0. The van der Waals surface area contributed by atoms with Crippen molar-refractivity contribution in [2.75, 3.05) is 46.9 Å². The smallest absolute Gasteiger partial charge is 0.191 e. The molecule has 0 aliphatic heterocycles. The molecule has 0 saturated heterocycles. The highest BCUT2D eigenvalue weighted by Crippen LogP contribution is 2.38. The third-order valence-corrected chi connectivity index (χ3v) is 5.66. The molecule has 0 unspecified atom stereocenters. The van der Waals surface area contributed by atoms with Gasteiger partial charge in [-0.3, -0.25) is 0 Å². The van der Waals surface area contributed by atoms with Gasteiger partial charge in [-0.2, -0.15) is 0 Å². The molecule has 1 aromatic rings. The quantitative estimate of drug-likeness (QED) is 0.391. The Morgan fingerprint density at radius 1 is 1.21 bits per heavy atom. The lowest BCUT2D eigenvalue weighted by atomic mass is 9.72. The molecule has 1 aromatic carbocycles. The first-order chi connectivity index (χ1) is 14.1. The first kappa shape index (κ1) is 23.5. The third kappa shape index (κ3) is 8.62. The van der Waals surface area contributed by atoms with Crippen LogP contribution in [0.1, 0.15) is 51.0 Å². The van der Waals surface area contributed by atoms with Crippen LogP contribution in [-0.2, 0) is 6.54 Å². The molecule has 1 aliphatic rings. The van der Waals surface area contributed by atoms with Crippen molar-refractivity contribution in [1.29, 1.82) is 0 Å². The SMILES string of the molecule is CCNC(=NCc1cccc(OCCN(C)C)c1)NCC1(CCO)CCCCC1. The number of likely N-dealkylation sites (N-methyl/N-ethyl adjacent to an activating group) is 1. The lowest BCUT2D eigenvalue weighted by molar-refractivity contribution is 0.131. The van der Waals surface area contributed by atoms with Crippen molar-refractivity contribution in [3.8, 4) is 5.75 Å². The van der Waals surface area contributed by atoms with Gasteiger partial charge in [0.05, 0.1) is 6.54 Å². The Hall–Kier alpha value is -1.79. The van der Waals surface area contributed by atoms with E-state index in [2.05, 4.69) is 34.6 Å². The molecule has 0 bridgehead atoms. The maximum Gasteiger partial charge on any atom is 0.191 e. The fourth-order valence-corrected chi connectivity index (χ4v) is 3.92. The number of ether oxygens (including phenoxy) is 1. The van der Waals surface area contributed by atoms with E-state index in [1.54, 1.807) is 0 Å². The van der Waals surface area contributed by atoms with Gasteiger partial charge in [0.1, 0.15) is 12.4 Å². The minimum Gasteiger partial charge on any atom is -0.492 e. The molecule has 6 heteroatoms. The predicted molar refractivity (Wildman–Crippen MR) is 121 cm³/mol. The second-order valence-electron chi connectivity index (χ2n) is 8.38. The number of guanidine groups is 1. The highest BCUT2D eigenvalue weighted by atomic mass is 16.5. The summed E-state index contributed by atoms with van der Waals surface area (Å²) in [6.07, 6.45) is 7.07. The molecular weight excluding hydrogens is 364 g/mol. The molecule has 0 aromatic heterocycles. The van der Waals surface area contributed by atoms with Gasteiger partial charge in [-0.25, -0.2) is 4.99 Å². The molecule has 0 heterocycles. The summed E-state index contributed by atoms with van der Waals surface area (Å²) in [5.74, 6) is 1.73. The van der Waals surface area contributed by atoms with Crippen molar-refractivity contribution in [1.82, 2.24) is 15.5 Å². The van der Waals surface area contributed by atoms with Gasteiger partial charge >= 0.3 is 0 Å². The summed E-state index contributed by atoms with van der Waals surface area (Å²) in [6, 6.07) is 8.17. The molecular formula is C23H40N4O2. The minimum absolute atomic E-state index is 0.198. The van der Waals surface area contributed by atoms with Gasteiger partial charge in [-0.05, 0) is 63.4 Å². The Kier molecular flexibility index (Phi) is 10.3. The van der Waals surface area contributed by atoms with Crippen LogP contribution in [-0.4, -0.2) is 62.9 Å².